The molecular formula is C13H22N4O2. The quantitative estimate of drug-likeness (QED) is 0.765. The smallest absolute Gasteiger partial charge is 0.358 e. The average molecular weight is 266 g/mol. The predicted molar refractivity (Wildman–Crippen MR) is 71.4 cm³/mol. The number of aromatic carboxylic acids is 1. The number of hydrogen-bond acceptors (Lipinski definition) is 4. The van der Waals surface area contributed by atoms with Crippen LogP contribution in [0.5, 0.6) is 0 Å². The lowest BCUT2D eigenvalue weighted by molar-refractivity contribution is 0.0688. The van der Waals surface area contributed by atoms with Gasteiger partial charge in [-0.05, 0) is 32.4 Å². The van der Waals surface area contributed by atoms with Crippen molar-refractivity contribution in [1.82, 2.24) is 20.3 Å². The molecule has 0 radical (unpaired) electrons. The van der Waals surface area contributed by atoms with E-state index in [0.717, 1.165) is 57.4 Å². The van der Waals surface area contributed by atoms with Crippen molar-refractivity contribution < 1.29 is 9.90 Å². The number of carbonyl (C=O) groups is 1. The molecule has 0 aliphatic carbocycles. The average Bonchev–Trinajstić information content (AvgIpc) is 2.84. The lowest BCUT2D eigenvalue weighted by atomic mass is 9.93. The van der Waals surface area contributed by atoms with E-state index in [1.165, 1.54) is 0 Å². The molecule has 0 amide bonds. The summed E-state index contributed by atoms with van der Waals surface area (Å²) in [7, 11) is 0. The van der Waals surface area contributed by atoms with Gasteiger partial charge in [-0.15, -0.1) is 5.10 Å². The maximum Gasteiger partial charge on any atom is 0.358 e. The number of carboxylic acids is 1. The highest BCUT2D eigenvalue weighted by molar-refractivity contribution is 5.86. The molecule has 2 N–H and O–H groups in total. The van der Waals surface area contributed by atoms with E-state index in [0.29, 0.717) is 0 Å². The first-order valence-corrected chi connectivity index (χ1v) is 7.11. The summed E-state index contributed by atoms with van der Waals surface area (Å²) in [5, 5.41) is 20.5. The lowest BCUT2D eigenvalue weighted by Gasteiger charge is -2.23. The van der Waals surface area contributed by atoms with Crippen LogP contribution in [0.3, 0.4) is 0 Å². The molecule has 0 spiro atoms. The Morgan fingerprint density at radius 3 is 2.79 bits per heavy atom. The lowest BCUT2D eigenvalue weighted by Crippen LogP contribution is -2.28. The fraction of sp³-hybridized carbons (Fsp3) is 0.769. The second-order valence-electron chi connectivity index (χ2n) is 5.08. The molecule has 0 saturated carbocycles. The van der Waals surface area contributed by atoms with Gasteiger partial charge < -0.3 is 10.4 Å². The van der Waals surface area contributed by atoms with E-state index < -0.39 is 5.97 Å². The molecule has 1 aliphatic rings. The van der Waals surface area contributed by atoms with E-state index >= 15 is 0 Å². The van der Waals surface area contributed by atoms with Crippen LogP contribution in [0.15, 0.2) is 0 Å². The Morgan fingerprint density at radius 1 is 1.42 bits per heavy atom. The van der Waals surface area contributed by atoms with Gasteiger partial charge in [0, 0.05) is 12.5 Å². The number of aromatic nitrogens is 3. The third-order valence-corrected chi connectivity index (χ3v) is 3.68. The third kappa shape index (κ3) is 3.32. The minimum Gasteiger partial charge on any atom is -0.476 e. The molecule has 1 aromatic heterocycles. The highest BCUT2D eigenvalue weighted by atomic mass is 16.4. The number of piperidine rings is 1. The molecule has 6 nitrogen and oxygen atoms in total. The van der Waals surface area contributed by atoms with E-state index in [1.54, 1.807) is 0 Å². The Morgan fingerprint density at radius 2 is 2.16 bits per heavy atom. The van der Waals surface area contributed by atoms with Gasteiger partial charge in [0.2, 0.25) is 0 Å². The molecule has 19 heavy (non-hydrogen) atoms. The van der Waals surface area contributed by atoms with Crippen molar-refractivity contribution in [3.8, 4) is 0 Å². The summed E-state index contributed by atoms with van der Waals surface area (Å²) in [6.45, 7) is 4.79. The zero-order valence-corrected chi connectivity index (χ0v) is 11.4. The van der Waals surface area contributed by atoms with Crippen LogP contribution in [0, 0.1) is 0 Å². The fourth-order valence-corrected chi connectivity index (χ4v) is 2.65. The molecule has 1 aromatic rings. The minimum absolute atomic E-state index is 0.142. The SMILES string of the molecule is CCCCCn1nnc(C(=O)O)c1C1CCNCC1. The number of hydrogen-bond donors (Lipinski definition) is 2. The first kappa shape index (κ1) is 14.0. The maximum atomic E-state index is 11.3. The first-order chi connectivity index (χ1) is 9.24. The molecule has 0 aromatic carbocycles. The number of nitrogens with one attached hydrogen (secondary N) is 1. The monoisotopic (exact) mass is 266 g/mol. The van der Waals surface area contributed by atoms with Crippen LogP contribution < -0.4 is 5.32 Å². The van der Waals surface area contributed by atoms with Crippen molar-refractivity contribution in [2.45, 2.75) is 51.5 Å². The van der Waals surface area contributed by atoms with Gasteiger partial charge in [-0.25, -0.2) is 9.48 Å². The van der Waals surface area contributed by atoms with Crippen molar-refractivity contribution >= 4 is 5.97 Å². The van der Waals surface area contributed by atoms with Gasteiger partial charge in [0.25, 0.3) is 0 Å². The van der Waals surface area contributed by atoms with Crippen LogP contribution in [0.4, 0.5) is 0 Å². The van der Waals surface area contributed by atoms with Crippen LogP contribution in [0.1, 0.15) is 61.1 Å². The first-order valence-electron chi connectivity index (χ1n) is 7.11. The molecule has 2 heterocycles. The Hall–Kier alpha value is -1.43. The zero-order valence-electron chi connectivity index (χ0n) is 11.4. The Kier molecular flexibility index (Phi) is 4.90. The summed E-state index contributed by atoms with van der Waals surface area (Å²) in [6.07, 6.45) is 5.22. The van der Waals surface area contributed by atoms with Gasteiger partial charge in [-0.2, -0.15) is 0 Å². The van der Waals surface area contributed by atoms with Crippen LogP contribution in [0.2, 0.25) is 0 Å². The number of nitrogens with zero attached hydrogens (tertiary/aromatic N) is 3. The minimum atomic E-state index is -0.963. The van der Waals surface area contributed by atoms with E-state index in [9.17, 15) is 9.90 Å². The molecule has 1 fully saturated rings. The van der Waals surface area contributed by atoms with Gasteiger partial charge in [0.1, 0.15) is 0 Å². The second-order valence-corrected chi connectivity index (χ2v) is 5.08. The van der Waals surface area contributed by atoms with Gasteiger partial charge >= 0.3 is 5.97 Å². The molecule has 0 unspecified atom stereocenters. The highest BCUT2D eigenvalue weighted by Gasteiger charge is 2.27. The predicted octanol–water partition coefficient (Wildman–Crippen LogP) is 1.63. The normalized spacial score (nSPS) is 16.7. The molecule has 2 rings (SSSR count). The molecule has 0 bridgehead atoms. The van der Waals surface area contributed by atoms with E-state index in [4.69, 9.17) is 0 Å². The Balaban J connectivity index is 2.19. The van der Waals surface area contributed by atoms with E-state index in [1.807, 2.05) is 4.68 Å². The topological polar surface area (TPSA) is 80.0 Å². The van der Waals surface area contributed by atoms with Crippen molar-refractivity contribution in [3.05, 3.63) is 11.4 Å². The standard InChI is InChI=1S/C13H22N4O2/c1-2-3-4-9-17-12(10-5-7-14-8-6-10)11(13(18)19)15-16-17/h10,14H,2-9H2,1H3,(H,18,19). The molecular weight excluding hydrogens is 244 g/mol. The summed E-state index contributed by atoms with van der Waals surface area (Å²) in [5.41, 5.74) is 0.966. The molecule has 106 valence electrons. The number of aryl methyl sites for hydroxylation is 1. The van der Waals surface area contributed by atoms with Gasteiger partial charge in [-0.1, -0.05) is 25.0 Å². The van der Waals surface area contributed by atoms with Crippen molar-refractivity contribution in [1.29, 1.82) is 0 Å². The zero-order chi connectivity index (χ0) is 13.7. The van der Waals surface area contributed by atoms with Crippen molar-refractivity contribution in [2.24, 2.45) is 0 Å². The van der Waals surface area contributed by atoms with Crippen LogP contribution in [-0.4, -0.2) is 39.2 Å². The largest absolute Gasteiger partial charge is 0.476 e. The molecule has 6 heteroatoms. The summed E-state index contributed by atoms with van der Waals surface area (Å²) in [4.78, 5) is 11.3. The van der Waals surface area contributed by atoms with Crippen molar-refractivity contribution in [2.75, 3.05) is 13.1 Å². The van der Waals surface area contributed by atoms with Gasteiger partial charge in [-0.3, -0.25) is 0 Å². The highest BCUT2D eigenvalue weighted by Crippen LogP contribution is 2.27. The van der Waals surface area contributed by atoms with E-state index in [2.05, 4.69) is 22.6 Å². The van der Waals surface area contributed by atoms with Crippen LogP contribution >= 0.6 is 0 Å². The number of unbranched alkanes of at least 4 members (excludes halogenated alkanes) is 2. The maximum absolute atomic E-state index is 11.3. The summed E-state index contributed by atoms with van der Waals surface area (Å²) >= 11 is 0. The molecule has 0 atom stereocenters. The van der Waals surface area contributed by atoms with Crippen LogP contribution in [-0.2, 0) is 6.54 Å². The van der Waals surface area contributed by atoms with Gasteiger partial charge in [0.05, 0.1) is 5.69 Å². The summed E-state index contributed by atoms with van der Waals surface area (Å²) < 4.78 is 1.81. The summed E-state index contributed by atoms with van der Waals surface area (Å²) in [6, 6.07) is 0. The second kappa shape index (κ2) is 6.65. The third-order valence-electron chi connectivity index (χ3n) is 3.68. The number of carboxylic acid groups (broad SMARTS) is 1. The Bertz CT molecular complexity index is 424. The van der Waals surface area contributed by atoms with Crippen LogP contribution in [0.25, 0.3) is 0 Å². The number of rotatable bonds is 6. The molecule has 1 aliphatic heterocycles. The summed E-state index contributed by atoms with van der Waals surface area (Å²) in [5.74, 6) is -0.695. The van der Waals surface area contributed by atoms with Crippen molar-refractivity contribution in [3.63, 3.8) is 0 Å². The Labute approximate surface area is 113 Å². The fourth-order valence-electron chi connectivity index (χ4n) is 2.65. The molecule has 1 saturated heterocycles. The van der Waals surface area contributed by atoms with Gasteiger partial charge in [0.15, 0.2) is 5.69 Å². The van der Waals surface area contributed by atoms with E-state index in [-0.39, 0.29) is 11.6 Å².